The Morgan fingerprint density at radius 1 is 1.42 bits per heavy atom. The van der Waals surface area contributed by atoms with E-state index in [0.29, 0.717) is 5.69 Å². The molecule has 0 radical (unpaired) electrons. The number of hydrogen-bond donors (Lipinski definition) is 1. The van der Waals surface area contributed by atoms with Crippen molar-refractivity contribution in [2.75, 3.05) is 11.9 Å². The second-order valence-corrected chi connectivity index (χ2v) is 6.32. The van der Waals surface area contributed by atoms with Crippen molar-refractivity contribution in [3.63, 3.8) is 0 Å². The molecule has 2 heterocycles. The number of amides is 2. The fourth-order valence-corrected chi connectivity index (χ4v) is 3.20. The first-order valence-corrected chi connectivity index (χ1v) is 8.43. The number of nitrogens with one attached hydrogen (secondary N) is 1. The molecule has 1 aliphatic rings. The van der Waals surface area contributed by atoms with Gasteiger partial charge in [-0.25, -0.2) is 14.2 Å². The molecule has 1 atom stereocenters. The van der Waals surface area contributed by atoms with Gasteiger partial charge in [-0.05, 0) is 50.3 Å². The highest BCUT2D eigenvalue weighted by Gasteiger charge is 2.26. The molecule has 1 aliphatic heterocycles. The van der Waals surface area contributed by atoms with Gasteiger partial charge in [-0.15, -0.1) is 0 Å². The van der Waals surface area contributed by atoms with Crippen LogP contribution in [0.3, 0.4) is 0 Å². The van der Waals surface area contributed by atoms with Crippen LogP contribution in [-0.4, -0.2) is 33.1 Å². The van der Waals surface area contributed by atoms with E-state index in [4.69, 9.17) is 0 Å². The molecule has 0 unspecified atom stereocenters. The molecule has 0 aliphatic carbocycles. The quantitative estimate of drug-likeness (QED) is 0.927. The van der Waals surface area contributed by atoms with Crippen molar-refractivity contribution in [2.24, 2.45) is 0 Å². The number of carbonyl (C=O) groups excluding carboxylic acids is 1. The van der Waals surface area contributed by atoms with Crippen molar-refractivity contribution in [2.45, 2.75) is 45.2 Å². The monoisotopic (exact) mass is 330 g/mol. The van der Waals surface area contributed by atoms with Crippen molar-refractivity contribution < 1.29 is 9.18 Å². The number of imidazole rings is 1. The number of halogens is 1. The van der Waals surface area contributed by atoms with Crippen molar-refractivity contribution in [1.82, 2.24) is 14.5 Å². The number of piperidine rings is 1. The molecule has 6 heteroatoms. The normalized spacial score (nSPS) is 17.8. The van der Waals surface area contributed by atoms with Crippen LogP contribution in [0.1, 0.15) is 31.2 Å². The van der Waals surface area contributed by atoms with E-state index in [9.17, 15) is 9.18 Å². The van der Waals surface area contributed by atoms with Crippen LogP contribution in [0.5, 0.6) is 0 Å². The van der Waals surface area contributed by atoms with Gasteiger partial charge >= 0.3 is 6.03 Å². The lowest BCUT2D eigenvalue weighted by molar-refractivity contribution is 0.155. The highest BCUT2D eigenvalue weighted by Crippen LogP contribution is 2.23. The van der Waals surface area contributed by atoms with Crippen molar-refractivity contribution in [1.29, 1.82) is 0 Å². The van der Waals surface area contributed by atoms with Crippen LogP contribution in [0.25, 0.3) is 0 Å². The molecule has 0 spiro atoms. The number of aromatic nitrogens is 2. The number of hydrogen-bond acceptors (Lipinski definition) is 2. The van der Waals surface area contributed by atoms with E-state index >= 15 is 0 Å². The van der Waals surface area contributed by atoms with Crippen LogP contribution in [0.4, 0.5) is 14.9 Å². The molecule has 1 N–H and O–H groups in total. The summed E-state index contributed by atoms with van der Waals surface area (Å²) in [5.41, 5.74) is 1.40. The number of carbonyl (C=O) groups is 1. The number of benzene rings is 1. The SMILES string of the molecule is Cc1ccc(F)cc1NC(=O)N1CCCC[C@H]1CCn1ccnc1. The molecule has 1 aromatic heterocycles. The molecule has 1 saturated heterocycles. The van der Waals surface area contributed by atoms with Crippen LogP contribution in [0.15, 0.2) is 36.9 Å². The summed E-state index contributed by atoms with van der Waals surface area (Å²) in [6.45, 7) is 3.45. The Morgan fingerprint density at radius 3 is 3.08 bits per heavy atom. The fourth-order valence-electron chi connectivity index (χ4n) is 3.20. The molecule has 1 fully saturated rings. The summed E-state index contributed by atoms with van der Waals surface area (Å²) >= 11 is 0. The maximum absolute atomic E-state index is 13.4. The molecular formula is C18H23FN4O. The van der Waals surface area contributed by atoms with Gasteiger partial charge in [0, 0.05) is 37.2 Å². The number of rotatable bonds is 4. The van der Waals surface area contributed by atoms with E-state index in [-0.39, 0.29) is 17.9 Å². The second-order valence-electron chi connectivity index (χ2n) is 6.32. The third-order valence-corrected chi connectivity index (χ3v) is 4.61. The maximum Gasteiger partial charge on any atom is 0.322 e. The average Bonchev–Trinajstić information content (AvgIpc) is 3.10. The van der Waals surface area contributed by atoms with Crippen LogP contribution in [-0.2, 0) is 6.54 Å². The zero-order valence-electron chi connectivity index (χ0n) is 13.9. The largest absolute Gasteiger partial charge is 0.337 e. The zero-order chi connectivity index (χ0) is 16.9. The van der Waals surface area contributed by atoms with Gasteiger partial charge in [0.15, 0.2) is 0 Å². The van der Waals surface area contributed by atoms with Crippen LogP contribution >= 0.6 is 0 Å². The van der Waals surface area contributed by atoms with Crippen LogP contribution in [0.2, 0.25) is 0 Å². The molecule has 1 aromatic carbocycles. The first-order chi connectivity index (χ1) is 11.6. The highest BCUT2D eigenvalue weighted by atomic mass is 19.1. The molecule has 24 heavy (non-hydrogen) atoms. The molecule has 0 bridgehead atoms. The Morgan fingerprint density at radius 2 is 2.29 bits per heavy atom. The van der Waals surface area contributed by atoms with Gasteiger partial charge in [0.05, 0.1) is 6.33 Å². The summed E-state index contributed by atoms with van der Waals surface area (Å²) < 4.78 is 15.4. The summed E-state index contributed by atoms with van der Waals surface area (Å²) in [5, 5.41) is 2.87. The smallest absolute Gasteiger partial charge is 0.322 e. The number of likely N-dealkylation sites (tertiary alicyclic amines) is 1. The minimum Gasteiger partial charge on any atom is -0.337 e. The van der Waals surface area contributed by atoms with Gasteiger partial charge < -0.3 is 14.8 Å². The zero-order valence-corrected chi connectivity index (χ0v) is 13.9. The lowest BCUT2D eigenvalue weighted by atomic mass is 9.99. The standard InChI is InChI=1S/C18H23FN4O/c1-14-5-6-15(19)12-17(14)21-18(24)23-9-3-2-4-16(23)7-10-22-11-8-20-13-22/h5-6,8,11-13,16H,2-4,7,9-10H2,1H3,(H,21,24)/t16-/m0/s1. The van der Waals surface area contributed by atoms with E-state index in [2.05, 4.69) is 10.3 Å². The van der Waals surface area contributed by atoms with Gasteiger partial charge in [0.1, 0.15) is 5.82 Å². The number of nitrogens with zero attached hydrogens (tertiary/aromatic N) is 3. The van der Waals surface area contributed by atoms with Crippen LogP contribution in [0, 0.1) is 12.7 Å². The Kier molecular flexibility index (Phi) is 5.13. The summed E-state index contributed by atoms with van der Waals surface area (Å²) in [6.07, 6.45) is 9.54. The second kappa shape index (κ2) is 7.47. The van der Waals surface area contributed by atoms with Gasteiger partial charge in [-0.3, -0.25) is 0 Å². The molecule has 2 amide bonds. The molecule has 128 valence electrons. The van der Waals surface area contributed by atoms with E-state index < -0.39 is 0 Å². The average molecular weight is 330 g/mol. The predicted molar refractivity (Wildman–Crippen MR) is 91.3 cm³/mol. The number of anilines is 1. The number of aryl methyl sites for hydroxylation is 2. The Labute approximate surface area is 141 Å². The summed E-state index contributed by atoms with van der Waals surface area (Å²) in [6, 6.07) is 4.52. The highest BCUT2D eigenvalue weighted by molar-refractivity contribution is 5.90. The first kappa shape index (κ1) is 16.5. The maximum atomic E-state index is 13.4. The summed E-state index contributed by atoms with van der Waals surface area (Å²) in [4.78, 5) is 18.6. The topological polar surface area (TPSA) is 50.2 Å². The summed E-state index contributed by atoms with van der Waals surface area (Å²) in [5.74, 6) is -0.341. The third-order valence-electron chi connectivity index (χ3n) is 4.61. The first-order valence-electron chi connectivity index (χ1n) is 8.43. The Bertz CT molecular complexity index is 686. The Hall–Kier alpha value is -2.37. The van der Waals surface area contributed by atoms with Crippen molar-refractivity contribution in [3.8, 4) is 0 Å². The molecule has 5 nitrogen and oxygen atoms in total. The predicted octanol–water partition coefficient (Wildman–Crippen LogP) is 3.81. The van der Waals surface area contributed by atoms with Crippen LogP contribution < -0.4 is 5.32 Å². The third kappa shape index (κ3) is 3.93. The van der Waals surface area contributed by atoms with Crippen molar-refractivity contribution in [3.05, 3.63) is 48.3 Å². The molecule has 3 rings (SSSR count). The lowest BCUT2D eigenvalue weighted by Crippen LogP contribution is -2.46. The molecular weight excluding hydrogens is 307 g/mol. The number of urea groups is 1. The van der Waals surface area contributed by atoms with Crippen molar-refractivity contribution >= 4 is 11.7 Å². The van der Waals surface area contributed by atoms with Gasteiger partial charge in [-0.1, -0.05) is 6.07 Å². The minimum absolute atomic E-state index is 0.140. The van der Waals surface area contributed by atoms with E-state index in [0.717, 1.165) is 44.3 Å². The molecule has 2 aromatic rings. The Balaban J connectivity index is 1.65. The van der Waals surface area contributed by atoms with E-state index in [1.165, 1.54) is 12.1 Å². The summed E-state index contributed by atoms with van der Waals surface area (Å²) in [7, 11) is 0. The fraction of sp³-hybridized carbons (Fsp3) is 0.444. The molecule has 0 saturated carbocycles. The minimum atomic E-state index is -0.341. The van der Waals surface area contributed by atoms with Gasteiger partial charge in [0.2, 0.25) is 0 Å². The van der Waals surface area contributed by atoms with E-state index in [1.54, 1.807) is 18.6 Å². The van der Waals surface area contributed by atoms with Gasteiger partial charge in [0.25, 0.3) is 0 Å². The van der Waals surface area contributed by atoms with Gasteiger partial charge in [-0.2, -0.15) is 0 Å². The van der Waals surface area contributed by atoms with E-state index in [1.807, 2.05) is 22.6 Å². The lowest BCUT2D eigenvalue weighted by Gasteiger charge is -2.36.